The molecular formula is C24H20FN5OS. The summed E-state index contributed by atoms with van der Waals surface area (Å²) >= 11 is 1.32. The summed E-state index contributed by atoms with van der Waals surface area (Å²) in [6.07, 6.45) is 1.48. The van der Waals surface area contributed by atoms with Crippen LogP contribution in [-0.2, 0) is 11.3 Å². The van der Waals surface area contributed by atoms with Crippen LogP contribution < -0.4 is 5.32 Å². The van der Waals surface area contributed by atoms with Crippen LogP contribution in [0.1, 0.15) is 22.4 Å². The van der Waals surface area contributed by atoms with Crippen molar-refractivity contribution in [1.29, 1.82) is 5.26 Å². The number of fused-ring (bicyclic) bond motifs is 1. The summed E-state index contributed by atoms with van der Waals surface area (Å²) < 4.78 is 15.2. The third kappa shape index (κ3) is 4.34. The lowest BCUT2D eigenvalue weighted by atomic mass is 10.2. The van der Waals surface area contributed by atoms with Gasteiger partial charge in [0, 0.05) is 17.6 Å². The summed E-state index contributed by atoms with van der Waals surface area (Å²) in [6.45, 7) is 4.16. The van der Waals surface area contributed by atoms with E-state index in [1.807, 2.05) is 42.7 Å². The summed E-state index contributed by atoms with van der Waals surface area (Å²) in [4.78, 5) is 21.4. The Kier molecular flexibility index (Phi) is 6.19. The summed E-state index contributed by atoms with van der Waals surface area (Å²) in [6, 6.07) is 16.0. The molecule has 0 saturated heterocycles. The van der Waals surface area contributed by atoms with Crippen LogP contribution in [0.4, 0.5) is 10.2 Å². The summed E-state index contributed by atoms with van der Waals surface area (Å²) in [5.74, 6) is 0.0257. The SMILES string of the molecule is Cc1c(C#N)c(NC(=O)CSc2ncnc3ccccc23)n(Cc2ccc(F)cc2)c1C. The fraction of sp³-hybridized carbons (Fsp3) is 0.167. The van der Waals surface area contributed by atoms with Crippen LogP contribution in [0, 0.1) is 31.0 Å². The van der Waals surface area contributed by atoms with Gasteiger partial charge in [-0.25, -0.2) is 14.4 Å². The second kappa shape index (κ2) is 9.20. The highest BCUT2D eigenvalue weighted by molar-refractivity contribution is 8.00. The molecule has 1 N–H and O–H groups in total. The molecule has 0 radical (unpaired) electrons. The minimum atomic E-state index is -0.310. The van der Waals surface area contributed by atoms with Crippen molar-refractivity contribution in [2.75, 3.05) is 11.1 Å². The zero-order valence-electron chi connectivity index (χ0n) is 17.6. The Labute approximate surface area is 189 Å². The van der Waals surface area contributed by atoms with Gasteiger partial charge < -0.3 is 9.88 Å². The number of para-hydroxylation sites is 1. The quantitative estimate of drug-likeness (QED) is 0.339. The molecule has 6 nitrogen and oxygen atoms in total. The van der Waals surface area contributed by atoms with Crippen molar-refractivity contribution < 1.29 is 9.18 Å². The molecule has 2 aromatic carbocycles. The largest absolute Gasteiger partial charge is 0.326 e. The van der Waals surface area contributed by atoms with Crippen LogP contribution in [0.5, 0.6) is 0 Å². The van der Waals surface area contributed by atoms with E-state index in [4.69, 9.17) is 0 Å². The smallest absolute Gasteiger partial charge is 0.235 e. The van der Waals surface area contributed by atoms with Crippen molar-refractivity contribution in [3.63, 3.8) is 0 Å². The van der Waals surface area contributed by atoms with E-state index >= 15 is 0 Å². The number of halogens is 1. The molecule has 4 rings (SSSR count). The van der Waals surface area contributed by atoms with Crippen LogP contribution in [-0.4, -0.2) is 26.2 Å². The highest BCUT2D eigenvalue weighted by Gasteiger charge is 2.20. The van der Waals surface area contributed by atoms with Gasteiger partial charge in [-0.3, -0.25) is 4.79 Å². The molecule has 2 heterocycles. The van der Waals surface area contributed by atoms with E-state index in [-0.39, 0.29) is 17.5 Å². The van der Waals surface area contributed by atoms with Gasteiger partial charge in [0.1, 0.15) is 29.1 Å². The number of nitrogens with one attached hydrogen (secondary N) is 1. The Morgan fingerprint density at radius 2 is 1.91 bits per heavy atom. The Balaban J connectivity index is 1.56. The molecule has 0 aliphatic carbocycles. The Morgan fingerprint density at radius 3 is 2.66 bits per heavy atom. The van der Waals surface area contributed by atoms with Gasteiger partial charge >= 0.3 is 0 Å². The van der Waals surface area contributed by atoms with Crippen LogP contribution in [0.15, 0.2) is 59.9 Å². The first kappa shape index (κ1) is 21.5. The molecule has 0 spiro atoms. The lowest BCUT2D eigenvalue weighted by Gasteiger charge is -2.13. The van der Waals surface area contributed by atoms with E-state index in [0.29, 0.717) is 17.9 Å². The number of nitrogens with zero attached hydrogens (tertiary/aromatic N) is 4. The number of hydrogen-bond donors (Lipinski definition) is 1. The number of benzene rings is 2. The Bertz CT molecular complexity index is 1340. The monoisotopic (exact) mass is 445 g/mol. The van der Waals surface area contributed by atoms with Gasteiger partial charge in [-0.15, -0.1) is 0 Å². The van der Waals surface area contributed by atoms with E-state index in [0.717, 1.165) is 32.7 Å². The number of carbonyl (C=O) groups excluding carboxylic acids is 1. The number of anilines is 1. The van der Waals surface area contributed by atoms with Gasteiger partial charge in [0.05, 0.1) is 16.8 Å². The highest BCUT2D eigenvalue weighted by Crippen LogP contribution is 2.29. The highest BCUT2D eigenvalue weighted by atomic mass is 32.2. The Morgan fingerprint density at radius 1 is 1.16 bits per heavy atom. The lowest BCUT2D eigenvalue weighted by molar-refractivity contribution is -0.113. The van der Waals surface area contributed by atoms with Gasteiger partial charge in [-0.1, -0.05) is 42.1 Å². The number of rotatable bonds is 6. The van der Waals surface area contributed by atoms with Gasteiger partial charge in [-0.05, 0) is 43.2 Å². The minimum absolute atomic E-state index is 0.131. The second-order valence-electron chi connectivity index (χ2n) is 7.29. The van der Waals surface area contributed by atoms with E-state index in [1.54, 1.807) is 12.1 Å². The van der Waals surface area contributed by atoms with E-state index in [1.165, 1.54) is 30.2 Å². The average molecular weight is 446 g/mol. The van der Waals surface area contributed by atoms with Crippen molar-refractivity contribution in [3.8, 4) is 6.07 Å². The molecule has 0 fully saturated rings. The number of thioether (sulfide) groups is 1. The molecule has 4 aromatic rings. The molecule has 0 bridgehead atoms. The van der Waals surface area contributed by atoms with Crippen molar-refractivity contribution in [1.82, 2.24) is 14.5 Å². The van der Waals surface area contributed by atoms with Crippen LogP contribution in [0.3, 0.4) is 0 Å². The fourth-order valence-electron chi connectivity index (χ4n) is 3.50. The summed E-state index contributed by atoms with van der Waals surface area (Å²) in [5, 5.41) is 14.2. The van der Waals surface area contributed by atoms with Crippen LogP contribution in [0.2, 0.25) is 0 Å². The first-order chi connectivity index (χ1) is 15.5. The fourth-order valence-corrected chi connectivity index (χ4v) is 4.29. The topological polar surface area (TPSA) is 83.6 Å². The standard InChI is InChI=1S/C24H20FN5OS/c1-15-16(2)30(12-17-7-9-18(25)10-8-17)23(20(15)11-26)29-22(31)13-32-24-19-5-3-4-6-21(19)27-14-28-24/h3-10,14H,12-13H2,1-2H3,(H,29,31). The maximum atomic E-state index is 13.3. The van der Waals surface area contributed by atoms with Crippen LogP contribution in [0.25, 0.3) is 10.9 Å². The number of carbonyl (C=O) groups is 1. The summed E-state index contributed by atoms with van der Waals surface area (Å²) in [5.41, 5.74) is 3.79. The second-order valence-corrected chi connectivity index (χ2v) is 8.26. The van der Waals surface area contributed by atoms with Gasteiger partial charge in [0.2, 0.25) is 5.91 Å². The molecule has 0 saturated carbocycles. The normalized spacial score (nSPS) is 10.8. The predicted octanol–water partition coefficient (Wildman–Crippen LogP) is 4.84. The molecule has 160 valence electrons. The molecule has 8 heteroatoms. The summed E-state index contributed by atoms with van der Waals surface area (Å²) in [7, 11) is 0. The third-order valence-corrected chi connectivity index (χ3v) is 6.30. The zero-order valence-corrected chi connectivity index (χ0v) is 18.4. The van der Waals surface area contributed by atoms with Crippen molar-refractivity contribution in [3.05, 3.63) is 83.1 Å². The van der Waals surface area contributed by atoms with Crippen molar-refractivity contribution in [2.24, 2.45) is 0 Å². The maximum Gasteiger partial charge on any atom is 0.235 e. The number of hydrogen-bond acceptors (Lipinski definition) is 5. The van der Waals surface area contributed by atoms with Crippen LogP contribution >= 0.6 is 11.8 Å². The molecular weight excluding hydrogens is 425 g/mol. The predicted molar refractivity (Wildman–Crippen MR) is 123 cm³/mol. The van der Waals surface area contributed by atoms with Gasteiger partial charge in [-0.2, -0.15) is 5.26 Å². The first-order valence-electron chi connectivity index (χ1n) is 9.94. The Hall–Kier alpha value is -3.70. The average Bonchev–Trinajstić information content (AvgIpc) is 3.02. The molecule has 2 aromatic heterocycles. The zero-order chi connectivity index (χ0) is 22.7. The molecule has 0 aliphatic heterocycles. The number of aromatic nitrogens is 3. The van der Waals surface area contributed by atoms with E-state index in [2.05, 4.69) is 21.4 Å². The number of amides is 1. The number of nitriles is 1. The molecule has 1 amide bonds. The van der Waals surface area contributed by atoms with Gasteiger partial charge in [0.15, 0.2) is 0 Å². The molecule has 0 unspecified atom stereocenters. The van der Waals surface area contributed by atoms with E-state index < -0.39 is 0 Å². The first-order valence-corrected chi connectivity index (χ1v) is 10.9. The molecule has 0 atom stereocenters. The maximum absolute atomic E-state index is 13.3. The van der Waals surface area contributed by atoms with Gasteiger partial charge in [0.25, 0.3) is 0 Å². The molecule has 0 aliphatic rings. The lowest BCUT2D eigenvalue weighted by Crippen LogP contribution is -2.18. The third-order valence-electron chi connectivity index (χ3n) is 5.30. The molecule has 32 heavy (non-hydrogen) atoms. The minimum Gasteiger partial charge on any atom is -0.326 e. The van der Waals surface area contributed by atoms with Crippen molar-refractivity contribution in [2.45, 2.75) is 25.4 Å². The van der Waals surface area contributed by atoms with Crippen molar-refractivity contribution >= 4 is 34.4 Å². The van der Waals surface area contributed by atoms with E-state index in [9.17, 15) is 14.4 Å².